The average Bonchev–Trinajstić information content (AvgIpc) is 1.98. The minimum absolute atomic E-state index is 0.658. The molecule has 0 aromatic carbocycles. The van der Waals surface area contributed by atoms with E-state index in [2.05, 4.69) is 19.6 Å². The third kappa shape index (κ3) is 4.65. The van der Waals surface area contributed by atoms with Crippen LogP contribution in [0, 0.1) is 0 Å². The molecule has 0 aliphatic heterocycles. The SMILES string of the molecule is CCCCCCC(C)(S)C(=O)O. The van der Waals surface area contributed by atoms with Gasteiger partial charge in [0.05, 0.1) is 0 Å². The Morgan fingerprint density at radius 2 is 2.00 bits per heavy atom. The number of thiol groups is 1. The normalized spacial score (nSPS) is 15.6. The van der Waals surface area contributed by atoms with Gasteiger partial charge >= 0.3 is 5.97 Å². The first-order chi connectivity index (χ1) is 5.50. The molecular formula is C9H18O2S. The van der Waals surface area contributed by atoms with E-state index in [0.717, 1.165) is 12.8 Å². The zero-order valence-corrected chi connectivity index (χ0v) is 8.73. The standard InChI is InChI=1S/C9H18O2S/c1-3-4-5-6-7-9(2,12)8(10)11/h12H,3-7H2,1-2H3,(H,10,11). The van der Waals surface area contributed by atoms with Gasteiger partial charge in [-0.15, -0.1) is 0 Å². The Balaban J connectivity index is 3.54. The predicted octanol–water partition coefficient (Wildman–Crippen LogP) is 2.73. The number of carboxylic acid groups (broad SMARTS) is 1. The zero-order valence-electron chi connectivity index (χ0n) is 7.84. The van der Waals surface area contributed by atoms with Crippen molar-refractivity contribution in [1.82, 2.24) is 0 Å². The lowest BCUT2D eigenvalue weighted by Gasteiger charge is -2.17. The lowest BCUT2D eigenvalue weighted by atomic mass is 10.0. The third-order valence-electron chi connectivity index (χ3n) is 1.98. The molecule has 0 rings (SSSR count). The largest absolute Gasteiger partial charge is 0.480 e. The molecule has 0 aliphatic rings. The van der Waals surface area contributed by atoms with E-state index < -0.39 is 10.7 Å². The van der Waals surface area contributed by atoms with Crippen molar-refractivity contribution in [3.8, 4) is 0 Å². The predicted molar refractivity (Wildman–Crippen MR) is 53.8 cm³/mol. The Hall–Kier alpha value is -0.180. The van der Waals surface area contributed by atoms with Gasteiger partial charge in [0, 0.05) is 0 Å². The Kier molecular flexibility index (Phi) is 5.38. The minimum atomic E-state index is -0.840. The summed E-state index contributed by atoms with van der Waals surface area (Å²) in [6.07, 6.45) is 5.09. The van der Waals surface area contributed by atoms with E-state index in [1.54, 1.807) is 6.92 Å². The van der Waals surface area contributed by atoms with Crippen LogP contribution in [-0.2, 0) is 4.79 Å². The Bertz CT molecular complexity index is 143. The third-order valence-corrected chi connectivity index (χ3v) is 2.39. The molecule has 1 atom stereocenters. The molecular weight excluding hydrogens is 172 g/mol. The second kappa shape index (κ2) is 5.46. The van der Waals surface area contributed by atoms with Crippen LogP contribution < -0.4 is 0 Å². The summed E-state index contributed by atoms with van der Waals surface area (Å²) in [4.78, 5) is 10.6. The summed E-state index contributed by atoms with van der Waals surface area (Å²) in [5, 5.41) is 8.72. The van der Waals surface area contributed by atoms with E-state index in [4.69, 9.17) is 5.11 Å². The van der Waals surface area contributed by atoms with E-state index in [0.29, 0.717) is 6.42 Å². The highest BCUT2D eigenvalue weighted by atomic mass is 32.1. The van der Waals surface area contributed by atoms with E-state index in [1.165, 1.54) is 12.8 Å². The molecule has 0 aromatic rings. The fraction of sp³-hybridized carbons (Fsp3) is 0.889. The van der Waals surface area contributed by atoms with Crippen LogP contribution in [0.3, 0.4) is 0 Å². The number of aliphatic carboxylic acids is 1. The molecule has 12 heavy (non-hydrogen) atoms. The fourth-order valence-electron chi connectivity index (χ4n) is 1.00. The van der Waals surface area contributed by atoms with Crippen molar-refractivity contribution in [3.63, 3.8) is 0 Å². The van der Waals surface area contributed by atoms with Gasteiger partial charge in [0.25, 0.3) is 0 Å². The fourth-order valence-corrected chi connectivity index (χ4v) is 1.16. The molecule has 0 aliphatic carbocycles. The van der Waals surface area contributed by atoms with Crippen LogP contribution in [0.25, 0.3) is 0 Å². The first-order valence-corrected chi connectivity index (χ1v) is 4.91. The summed E-state index contributed by atoms with van der Waals surface area (Å²) in [5.74, 6) is -0.817. The highest BCUT2D eigenvalue weighted by molar-refractivity contribution is 7.82. The topological polar surface area (TPSA) is 37.3 Å². The minimum Gasteiger partial charge on any atom is -0.480 e. The van der Waals surface area contributed by atoms with Gasteiger partial charge in [-0.3, -0.25) is 4.79 Å². The second-order valence-corrected chi connectivity index (χ2v) is 4.38. The van der Waals surface area contributed by atoms with E-state index in [-0.39, 0.29) is 0 Å². The molecule has 1 unspecified atom stereocenters. The number of carbonyl (C=O) groups is 1. The van der Waals surface area contributed by atoms with Crippen molar-refractivity contribution < 1.29 is 9.90 Å². The summed E-state index contributed by atoms with van der Waals surface area (Å²) in [6.45, 7) is 3.79. The van der Waals surface area contributed by atoms with E-state index in [1.807, 2.05) is 0 Å². The van der Waals surface area contributed by atoms with Crippen molar-refractivity contribution >= 4 is 18.6 Å². The van der Waals surface area contributed by atoms with Gasteiger partial charge in [-0.1, -0.05) is 32.6 Å². The first kappa shape index (κ1) is 11.8. The number of hydrogen-bond donors (Lipinski definition) is 2. The first-order valence-electron chi connectivity index (χ1n) is 4.46. The Morgan fingerprint density at radius 3 is 2.42 bits per heavy atom. The summed E-state index contributed by atoms with van der Waals surface area (Å²) < 4.78 is -0.840. The summed E-state index contributed by atoms with van der Waals surface area (Å²) in [5.41, 5.74) is 0. The highest BCUT2D eigenvalue weighted by Crippen LogP contribution is 2.22. The quantitative estimate of drug-likeness (QED) is 0.499. The van der Waals surface area contributed by atoms with Crippen molar-refractivity contribution in [3.05, 3.63) is 0 Å². The number of rotatable bonds is 6. The Labute approximate surface area is 79.8 Å². The molecule has 0 bridgehead atoms. The highest BCUT2D eigenvalue weighted by Gasteiger charge is 2.27. The van der Waals surface area contributed by atoms with Crippen LogP contribution in [-0.4, -0.2) is 15.8 Å². The molecule has 1 N–H and O–H groups in total. The summed E-state index contributed by atoms with van der Waals surface area (Å²) >= 11 is 4.08. The molecule has 0 heterocycles. The van der Waals surface area contributed by atoms with Gasteiger partial charge in [-0.25, -0.2) is 0 Å². The molecule has 2 nitrogen and oxygen atoms in total. The van der Waals surface area contributed by atoms with Crippen LogP contribution in [0.15, 0.2) is 0 Å². The van der Waals surface area contributed by atoms with Crippen molar-refractivity contribution in [2.24, 2.45) is 0 Å². The molecule has 0 saturated carbocycles. The van der Waals surface area contributed by atoms with Crippen molar-refractivity contribution in [1.29, 1.82) is 0 Å². The second-order valence-electron chi connectivity index (χ2n) is 3.39. The molecule has 0 saturated heterocycles. The molecule has 3 heteroatoms. The van der Waals surface area contributed by atoms with Crippen LogP contribution in [0.5, 0.6) is 0 Å². The number of hydrogen-bond acceptors (Lipinski definition) is 2. The van der Waals surface area contributed by atoms with Crippen LogP contribution in [0.4, 0.5) is 0 Å². The molecule has 0 radical (unpaired) electrons. The van der Waals surface area contributed by atoms with E-state index >= 15 is 0 Å². The maximum atomic E-state index is 10.6. The lowest BCUT2D eigenvalue weighted by Crippen LogP contribution is -2.28. The maximum absolute atomic E-state index is 10.6. The molecule has 0 amide bonds. The smallest absolute Gasteiger partial charge is 0.319 e. The number of unbranched alkanes of at least 4 members (excludes halogenated alkanes) is 3. The number of carboxylic acids is 1. The molecule has 72 valence electrons. The lowest BCUT2D eigenvalue weighted by molar-refractivity contribution is -0.139. The zero-order chi connectivity index (χ0) is 9.61. The van der Waals surface area contributed by atoms with Crippen molar-refractivity contribution in [2.75, 3.05) is 0 Å². The van der Waals surface area contributed by atoms with Crippen LogP contribution in [0.2, 0.25) is 0 Å². The van der Waals surface area contributed by atoms with Crippen LogP contribution >= 0.6 is 12.6 Å². The maximum Gasteiger partial charge on any atom is 0.319 e. The molecule has 0 aromatic heterocycles. The summed E-state index contributed by atoms with van der Waals surface area (Å²) in [6, 6.07) is 0. The molecule has 0 fully saturated rings. The van der Waals surface area contributed by atoms with Crippen LogP contribution in [0.1, 0.15) is 46.0 Å². The average molecular weight is 190 g/mol. The summed E-state index contributed by atoms with van der Waals surface area (Å²) in [7, 11) is 0. The van der Waals surface area contributed by atoms with E-state index in [9.17, 15) is 4.79 Å². The van der Waals surface area contributed by atoms with Gasteiger partial charge in [-0.05, 0) is 13.3 Å². The Morgan fingerprint density at radius 1 is 1.42 bits per heavy atom. The van der Waals surface area contributed by atoms with Crippen molar-refractivity contribution in [2.45, 2.75) is 50.7 Å². The molecule has 0 spiro atoms. The van der Waals surface area contributed by atoms with Gasteiger partial charge in [0.1, 0.15) is 4.75 Å². The van der Waals surface area contributed by atoms with Gasteiger partial charge in [0.15, 0.2) is 0 Å². The van der Waals surface area contributed by atoms with Gasteiger partial charge < -0.3 is 5.11 Å². The van der Waals surface area contributed by atoms with Gasteiger partial charge in [0.2, 0.25) is 0 Å². The van der Waals surface area contributed by atoms with Gasteiger partial charge in [-0.2, -0.15) is 12.6 Å². The monoisotopic (exact) mass is 190 g/mol.